The Bertz CT molecular complexity index is 1190. The highest BCUT2D eigenvalue weighted by atomic mass is 79.9. The smallest absolute Gasteiger partial charge is 0.345 e. The molecule has 2 aromatic carbocycles. The third-order valence-corrected chi connectivity index (χ3v) is 6.63. The number of amides is 2. The number of carbonyl (C=O) groups is 2. The van der Waals surface area contributed by atoms with Crippen molar-refractivity contribution in [3.05, 3.63) is 93.7 Å². The number of benzene rings is 2. The molecule has 0 N–H and O–H groups in total. The van der Waals surface area contributed by atoms with Crippen LogP contribution in [0, 0.1) is 0 Å². The zero-order valence-corrected chi connectivity index (χ0v) is 22.6. The van der Waals surface area contributed by atoms with Gasteiger partial charge in [-0.2, -0.15) is 13.2 Å². The second-order valence-electron chi connectivity index (χ2n) is 8.82. The number of hydrogen-bond acceptors (Lipinski definition) is 2. The standard InChI is InChI=1S/C28H31BrF3N3O2/c1-3-5-15-35(26(36)20-33(4-2)27(37)22-11-13-24(29)14-12-22)19-25-10-7-16-34(25)18-21-8-6-9-23(17-21)28(30,31)32/h6-14,16-17H,3-5,15,18-20H2,1-2H3. The molecule has 0 unspecified atom stereocenters. The first-order valence-corrected chi connectivity index (χ1v) is 13.0. The van der Waals surface area contributed by atoms with Gasteiger partial charge in [0.2, 0.25) is 5.91 Å². The summed E-state index contributed by atoms with van der Waals surface area (Å²) in [5.74, 6) is -0.390. The molecule has 0 saturated carbocycles. The lowest BCUT2D eigenvalue weighted by Crippen LogP contribution is -2.43. The van der Waals surface area contributed by atoms with Gasteiger partial charge in [0.15, 0.2) is 0 Å². The Balaban J connectivity index is 1.74. The number of carbonyl (C=O) groups excluding carboxylic acids is 2. The van der Waals surface area contributed by atoms with Gasteiger partial charge in [-0.25, -0.2) is 0 Å². The molecule has 3 rings (SSSR count). The Morgan fingerprint density at radius 2 is 1.70 bits per heavy atom. The van der Waals surface area contributed by atoms with E-state index < -0.39 is 11.7 Å². The fourth-order valence-corrected chi connectivity index (χ4v) is 4.26. The molecule has 0 atom stereocenters. The number of nitrogens with zero attached hydrogens (tertiary/aromatic N) is 3. The molecule has 198 valence electrons. The maximum Gasteiger partial charge on any atom is 0.416 e. The molecule has 0 bridgehead atoms. The number of likely N-dealkylation sites (N-methyl/N-ethyl adjacent to an activating group) is 1. The predicted molar refractivity (Wildman–Crippen MR) is 141 cm³/mol. The highest BCUT2D eigenvalue weighted by Crippen LogP contribution is 2.29. The van der Waals surface area contributed by atoms with E-state index in [9.17, 15) is 22.8 Å². The van der Waals surface area contributed by atoms with E-state index in [1.807, 2.05) is 30.5 Å². The molecule has 2 amide bonds. The zero-order valence-electron chi connectivity index (χ0n) is 21.0. The van der Waals surface area contributed by atoms with Gasteiger partial charge in [0, 0.05) is 41.6 Å². The predicted octanol–water partition coefficient (Wildman–Crippen LogP) is 6.61. The average molecular weight is 578 g/mol. The van der Waals surface area contributed by atoms with E-state index in [1.165, 1.54) is 11.0 Å². The topological polar surface area (TPSA) is 45.6 Å². The number of rotatable bonds is 11. The summed E-state index contributed by atoms with van der Waals surface area (Å²) >= 11 is 3.36. The molecule has 0 aliphatic carbocycles. The summed E-state index contributed by atoms with van der Waals surface area (Å²) in [5, 5.41) is 0. The first-order chi connectivity index (χ1) is 17.6. The molecule has 0 fully saturated rings. The number of alkyl halides is 3. The number of unbranched alkanes of at least 4 members (excludes halogenated alkanes) is 1. The Morgan fingerprint density at radius 1 is 0.973 bits per heavy atom. The van der Waals surface area contributed by atoms with Crippen molar-refractivity contribution in [1.29, 1.82) is 0 Å². The van der Waals surface area contributed by atoms with Crippen LogP contribution in [-0.2, 0) is 24.1 Å². The van der Waals surface area contributed by atoms with E-state index in [-0.39, 0.29) is 24.9 Å². The minimum absolute atomic E-state index is 0.0521. The Labute approximate surface area is 224 Å². The van der Waals surface area contributed by atoms with E-state index in [2.05, 4.69) is 15.9 Å². The van der Waals surface area contributed by atoms with Gasteiger partial charge < -0.3 is 14.4 Å². The van der Waals surface area contributed by atoms with Crippen LogP contribution < -0.4 is 0 Å². The molecule has 3 aromatic rings. The van der Waals surface area contributed by atoms with Crippen molar-refractivity contribution >= 4 is 27.7 Å². The van der Waals surface area contributed by atoms with Crippen LogP contribution in [0.2, 0.25) is 0 Å². The molecule has 0 saturated heterocycles. The van der Waals surface area contributed by atoms with Gasteiger partial charge in [0.1, 0.15) is 6.54 Å². The molecule has 0 radical (unpaired) electrons. The fraction of sp³-hybridized carbons (Fsp3) is 0.357. The summed E-state index contributed by atoms with van der Waals surface area (Å²) < 4.78 is 42.1. The van der Waals surface area contributed by atoms with Crippen LogP contribution in [0.25, 0.3) is 0 Å². The normalized spacial score (nSPS) is 11.4. The summed E-state index contributed by atoms with van der Waals surface area (Å²) in [6.45, 7) is 5.28. The summed E-state index contributed by atoms with van der Waals surface area (Å²) in [7, 11) is 0. The summed E-state index contributed by atoms with van der Waals surface area (Å²) in [6.07, 6.45) is -0.914. The molecular weight excluding hydrogens is 547 g/mol. The lowest BCUT2D eigenvalue weighted by molar-refractivity contribution is -0.137. The van der Waals surface area contributed by atoms with Gasteiger partial charge in [-0.3, -0.25) is 9.59 Å². The maximum atomic E-state index is 13.3. The monoisotopic (exact) mass is 577 g/mol. The van der Waals surface area contributed by atoms with Crippen molar-refractivity contribution in [1.82, 2.24) is 14.4 Å². The Kier molecular flexibility index (Phi) is 9.97. The highest BCUT2D eigenvalue weighted by Gasteiger charge is 2.30. The third kappa shape index (κ3) is 7.95. The highest BCUT2D eigenvalue weighted by molar-refractivity contribution is 9.10. The van der Waals surface area contributed by atoms with Crippen molar-refractivity contribution in [2.75, 3.05) is 19.6 Å². The van der Waals surface area contributed by atoms with E-state index >= 15 is 0 Å². The van der Waals surface area contributed by atoms with Gasteiger partial charge in [0.05, 0.1) is 12.1 Å². The number of hydrogen-bond donors (Lipinski definition) is 0. The van der Waals surface area contributed by atoms with Crippen LogP contribution in [-0.4, -0.2) is 45.8 Å². The summed E-state index contributed by atoms with van der Waals surface area (Å²) in [4.78, 5) is 29.6. The lowest BCUT2D eigenvalue weighted by atomic mass is 10.1. The Hall–Kier alpha value is -3.07. The fourth-order valence-electron chi connectivity index (χ4n) is 3.99. The summed E-state index contributed by atoms with van der Waals surface area (Å²) in [5.41, 5.74) is 1.15. The van der Waals surface area contributed by atoms with Gasteiger partial charge in [0.25, 0.3) is 5.91 Å². The van der Waals surface area contributed by atoms with Gasteiger partial charge in [-0.05, 0) is 67.4 Å². The second-order valence-corrected chi connectivity index (χ2v) is 9.74. The largest absolute Gasteiger partial charge is 0.416 e. The van der Waals surface area contributed by atoms with E-state index in [0.29, 0.717) is 30.8 Å². The van der Waals surface area contributed by atoms with E-state index in [0.717, 1.165) is 35.1 Å². The second kappa shape index (κ2) is 12.9. The molecule has 5 nitrogen and oxygen atoms in total. The quantitative estimate of drug-likeness (QED) is 0.257. The molecular formula is C28H31BrF3N3O2. The van der Waals surface area contributed by atoms with Gasteiger partial charge in [-0.15, -0.1) is 0 Å². The maximum absolute atomic E-state index is 13.3. The van der Waals surface area contributed by atoms with Crippen molar-refractivity contribution in [3.63, 3.8) is 0 Å². The average Bonchev–Trinajstić information content (AvgIpc) is 3.30. The SMILES string of the molecule is CCCCN(Cc1cccn1Cc1cccc(C(F)(F)F)c1)C(=O)CN(CC)C(=O)c1ccc(Br)cc1. The first kappa shape index (κ1) is 28.5. The van der Waals surface area contributed by atoms with Crippen LogP contribution in [0.15, 0.2) is 71.3 Å². The van der Waals surface area contributed by atoms with E-state index in [4.69, 9.17) is 0 Å². The zero-order chi connectivity index (χ0) is 27.0. The molecule has 1 heterocycles. The molecule has 0 spiro atoms. The van der Waals surface area contributed by atoms with Crippen molar-refractivity contribution in [2.24, 2.45) is 0 Å². The van der Waals surface area contributed by atoms with Crippen molar-refractivity contribution in [2.45, 2.75) is 46.0 Å². The molecule has 0 aliphatic rings. The lowest BCUT2D eigenvalue weighted by Gasteiger charge is -2.27. The van der Waals surface area contributed by atoms with Gasteiger partial charge >= 0.3 is 6.18 Å². The molecule has 1 aromatic heterocycles. The van der Waals surface area contributed by atoms with Crippen LogP contribution in [0.5, 0.6) is 0 Å². The number of aromatic nitrogens is 1. The van der Waals surface area contributed by atoms with E-state index in [1.54, 1.807) is 41.4 Å². The molecule has 9 heteroatoms. The first-order valence-electron chi connectivity index (χ1n) is 12.2. The number of halogens is 4. The van der Waals surface area contributed by atoms with Crippen molar-refractivity contribution < 1.29 is 22.8 Å². The van der Waals surface area contributed by atoms with Crippen LogP contribution in [0.3, 0.4) is 0 Å². The minimum atomic E-state index is -4.41. The molecule has 37 heavy (non-hydrogen) atoms. The molecule has 0 aliphatic heterocycles. The van der Waals surface area contributed by atoms with Crippen LogP contribution in [0.4, 0.5) is 13.2 Å². The third-order valence-electron chi connectivity index (χ3n) is 6.10. The van der Waals surface area contributed by atoms with Gasteiger partial charge in [-0.1, -0.05) is 41.4 Å². The Morgan fingerprint density at radius 3 is 2.35 bits per heavy atom. The van der Waals surface area contributed by atoms with Crippen LogP contribution in [0.1, 0.15) is 53.9 Å². The summed E-state index contributed by atoms with van der Waals surface area (Å²) in [6, 6.07) is 16.0. The minimum Gasteiger partial charge on any atom is -0.345 e. The van der Waals surface area contributed by atoms with Crippen LogP contribution >= 0.6 is 15.9 Å². The van der Waals surface area contributed by atoms with Crippen molar-refractivity contribution in [3.8, 4) is 0 Å².